The average Bonchev–Trinajstić information content (AvgIpc) is 3.03. The molecule has 2 aliphatic rings. The standard InChI is InChI=1S/C21H24FN5O2/c1-13-9-27(18-6-5-14(8-23)20-15(18)4-3-7-24-20)12-19(29-13)21(28)25-17-11-26(2)10-16(17)22/h3-7,13,16-17,19H,9-12H2,1-2H3,(H,25,28)/t13-,16+,17+,19-/m1/s1. The number of rotatable bonds is 3. The number of carbonyl (C=O) groups excluding carboxylic acids is 1. The third-order valence-corrected chi connectivity index (χ3v) is 5.52. The summed E-state index contributed by atoms with van der Waals surface area (Å²) >= 11 is 0. The first kappa shape index (κ1) is 19.6. The van der Waals surface area contributed by atoms with E-state index in [0.717, 1.165) is 11.1 Å². The fourth-order valence-electron chi connectivity index (χ4n) is 4.18. The summed E-state index contributed by atoms with van der Waals surface area (Å²) in [4.78, 5) is 21.1. The Morgan fingerprint density at radius 3 is 2.86 bits per heavy atom. The number of likely N-dealkylation sites (tertiary alicyclic amines) is 1. The molecule has 2 fully saturated rings. The Kier molecular flexibility index (Phi) is 5.35. The van der Waals surface area contributed by atoms with E-state index in [2.05, 4.69) is 21.3 Å². The maximum absolute atomic E-state index is 14.1. The molecular formula is C21H24FN5O2. The van der Waals surface area contributed by atoms with Crippen LogP contribution < -0.4 is 10.2 Å². The zero-order chi connectivity index (χ0) is 20.5. The first-order valence-corrected chi connectivity index (χ1v) is 9.77. The number of hydrogen-bond acceptors (Lipinski definition) is 6. The van der Waals surface area contributed by atoms with Gasteiger partial charge in [-0.25, -0.2) is 4.39 Å². The van der Waals surface area contributed by atoms with Gasteiger partial charge in [0.25, 0.3) is 5.91 Å². The summed E-state index contributed by atoms with van der Waals surface area (Å²) in [6.45, 7) is 3.69. The molecule has 8 heteroatoms. The van der Waals surface area contributed by atoms with Crippen molar-refractivity contribution in [3.05, 3.63) is 36.0 Å². The molecule has 0 spiro atoms. The second-order valence-electron chi connectivity index (χ2n) is 7.84. The first-order valence-electron chi connectivity index (χ1n) is 9.77. The van der Waals surface area contributed by atoms with Crippen LogP contribution in [-0.2, 0) is 9.53 Å². The van der Waals surface area contributed by atoms with Gasteiger partial charge < -0.3 is 19.9 Å². The predicted octanol–water partition coefficient (Wildman–Crippen LogP) is 1.47. The molecule has 0 saturated carbocycles. The molecule has 2 aliphatic heterocycles. The van der Waals surface area contributed by atoms with Crippen molar-refractivity contribution in [2.24, 2.45) is 0 Å². The summed E-state index contributed by atoms with van der Waals surface area (Å²) in [6.07, 6.45) is -0.278. The Morgan fingerprint density at radius 2 is 2.14 bits per heavy atom. The molecule has 0 unspecified atom stereocenters. The van der Waals surface area contributed by atoms with Crippen molar-refractivity contribution >= 4 is 22.5 Å². The smallest absolute Gasteiger partial charge is 0.251 e. The van der Waals surface area contributed by atoms with Crippen molar-refractivity contribution in [2.75, 3.05) is 38.1 Å². The number of likely N-dealkylation sites (N-methyl/N-ethyl adjacent to an activating group) is 1. The molecular weight excluding hydrogens is 373 g/mol. The van der Waals surface area contributed by atoms with Crippen molar-refractivity contribution < 1.29 is 13.9 Å². The summed E-state index contributed by atoms with van der Waals surface area (Å²) in [5.41, 5.74) is 2.06. The maximum Gasteiger partial charge on any atom is 0.251 e. The Balaban J connectivity index is 1.56. The van der Waals surface area contributed by atoms with Crippen LogP contribution in [0.2, 0.25) is 0 Å². The number of nitrogens with one attached hydrogen (secondary N) is 1. The van der Waals surface area contributed by atoms with Crippen LogP contribution in [-0.4, -0.2) is 73.4 Å². The Morgan fingerprint density at radius 1 is 1.31 bits per heavy atom. The lowest BCUT2D eigenvalue weighted by atomic mass is 10.1. The van der Waals surface area contributed by atoms with E-state index in [-0.39, 0.29) is 12.0 Å². The lowest BCUT2D eigenvalue weighted by Crippen LogP contribution is -2.55. The predicted molar refractivity (Wildman–Crippen MR) is 107 cm³/mol. The number of morpholine rings is 1. The van der Waals surface area contributed by atoms with E-state index >= 15 is 0 Å². The van der Waals surface area contributed by atoms with Gasteiger partial charge in [-0.15, -0.1) is 0 Å². The minimum absolute atomic E-state index is 0.172. The molecule has 29 heavy (non-hydrogen) atoms. The summed E-state index contributed by atoms with van der Waals surface area (Å²) in [5, 5.41) is 13.0. The monoisotopic (exact) mass is 397 g/mol. The topological polar surface area (TPSA) is 81.5 Å². The number of anilines is 1. The molecule has 3 heterocycles. The largest absolute Gasteiger partial charge is 0.365 e. The second-order valence-corrected chi connectivity index (χ2v) is 7.84. The summed E-state index contributed by atoms with van der Waals surface area (Å²) in [5.74, 6) is -0.291. The highest BCUT2D eigenvalue weighted by Gasteiger charge is 2.36. The summed E-state index contributed by atoms with van der Waals surface area (Å²) in [6, 6.07) is 9.06. The first-order chi connectivity index (χ1) is 14.0. The molecule has 152 valence electrons. The van der Waals surface area contributed by atoms with E-state index in [4.69, 9.17) is 4.74 Å². The average molecular weight is 397 g/mol. The Hall–Kier alpha value is -2.76. The van der Waals surface area contributed by atoms with Gasteiger partial charge in [0.1, 0.15) is 12.2 Å². The van der Waals surface area contributed by atoms with Gasteiger partial charge >= 0.3 is 0 Å². The van der Waals surface area contributed by atoms with Crippen LogP contribution in [0.15, 0.2) is 30.5 Å². The summed E-state index contributed by atoms with van der Waals surface area (Å²) in [7, 11) is 1.84. The molecule has 7 nitrogen and oxygen atoms in total. The fraction of sp³-hybridized carbons (Fsp3) is 0.476. The van der Waals surface area contributed by atoms with Crippen molar-refractivity contribution in [1.29, 1.82) is 5.26 Å². The third-order valence-electron chi connectivity index (χ3n) is 5.52. The molecule has 4 rings (SSSR count). The van der Waals surface area contributed by atoms with E-state index in [1.807, 2.05) is 37.1 Å². The van der Waals surface area contributed by atoms with Crippen LogP contribution in [0, 0.1) is 11.3 Å². The SMILES string of the molecule is C[C@@H]1CN(c2ccc(C#N)c3ncccc23)C[C@H](C(=O)N[C@H]2CN(C)C[C@@H]2F)O1. The van der Waals surface area contributed by atoms with Crippen LogP contribution in [0.4, 0.5) is 10.1 Å². The number of hydrogen-bond donors (Lipinski definition) is 1. The van der Waals surface area contributed by atoms with Gasteiger partial charge in [0, 0.05) is 36.9 Å². The molecule has 0 radical (unpaired) electrons. The molecule has 2 aromatic rings. The minimum atomic E-state index is -1.07. The maximum atomic E-state index is 14.1. The number of pyridine rings is 1. The quantitative estimate of drug-likeness (QED) is 0.845. The molecule has 0 bridgehead atoms. The minimum Gasteiger partial charge on any atom is -0.365 e. The molecule has 1 aromatic carbocycles. The number of alkyl halides is 1. The zero-order valence-electron chi connectivity index (χ0n) is 16.5. The number of fused-ring (bicyclic) bond motifs is 1. The van der Waals surface area contributed by atoms with Crippen LogP contribution in [0.5, 0.6) is 0 Å². The molecule has 4 atom stereocenters. The van der Waals surface area contributed by atoms with Gasteiger partial charge in [-0.1, -0.05) is 0 Å². The molecule has 1 N–H and O–H groups in total. The Labute approximate surface area is 169 Å². The van der Waals surface area contributed by atoms with Crippen molar-refractivity contribution in [3.63, 3.8) is 0 Å². The van der Waals surface area contributed by atoms with E-state index in [1.54, 1.807) is 12.3 Å². The van der Waals surface area contributed by atoms with Crippen LogP contribution in [0.25, 0.3) is 10.9 Å². The van der Waals surface area contributed by atoms with Gasteiger partial charge in [0.05, 0.1) is 29.8 Å². The van der Waals surface area contributed by atoms with E-state index in [0.29, 0.717) is 37.3 Å². The molecule has 0 aliphatic carbocycles. The van der Waals surface area contributed by atoms with Gasteiger partial charge in [0.2, 0.25) is 0 Å². The molecule has 2 saturated heterocycles. The number of nitriles is 1. The third kappa shape index (κ3) is 3.88. The number of ether oxygens (including phenoxy) is 1. The van der Waals surface area contributed by atoms with Gasteiger partial charge in [0.15, 0.2) is 6.10 Å². The van der Waals surface area contributed by atoms with E-state index in [9.17, 15) is 14.4 Å². The van der Waals surface area contributed by atoms with Gasteiger partial charge in [-0.3, -0.25) is 9.78 Å². The second kappa shape index (κ2) is 7.93. The number of amides is 1. The number of aromatic nitrogens is 1. The van der Waals surface area contributed by atoms with Crippen LogP contribution in [0.3, 0.4) is 0 Å². The van der Waals surface area contributed by atoms with E-state index < -0.39 is 18.3 Å². The van der Waals surface area contributed by atoms with Gasteiger partial charge in [-0.05, 0) is 38.2 Å². The number of carbonyl (C=O) groups is 1. The van der Waals surface area contributed by atoms with Gasteiger partial charge in [-0.2, -0.15) is 5.26 Å². The summed E-state index contributed by atoms with van der Waals surface area (Å²) < 4.78 is 20.0. The molecule has 1 amide bonds. The highest BCUT2D eigenvalue weighted by atomic mass is 19.1. The van der Waals surface area contributed by atoms with Crippen LogP contribution >= 0.6 is 0 Å². The van der Waals surface area contributed by atoms with Crippen molar-refractivity contribution in [2.45, 2.75) is 31.3 Å². The number of benzene rings is 1. The number of nitrogens with zero attached hydrogens (tertiary/aromatic N) is 4. The highest BCUT2D eigenvalue weighted by Crippen LogP contribution is 2.30. The normalized spacial score (nSPS) is 27.7. The van der Waals surface area contributed by atoms with E-state index in [1.165, 1.54) is 0 Å². The molecule has 1 aromatic heterocycles. The fourth-order valence-corrected chi connectivity index (χ4v) is 4.18. The number of halogens is 1. The van der Waals surface area contributed by atoms with Crippen LogP contribution in [0.1, 0.15) is 12.5 Å². The lowest BCUT2D eigenvalue weighted by molar-refractivity contribution is -0.138. The van der Waals surface area contributed by atoms with Crippen molar-refractivity contribution in [1.82, 2.24) is 15.2 Å². The Bertz CT molecular complexity index is 962. The zero-order valence-corrected chi connectivity index (χ0v) is 16.5. The van der Waals surface area contributed by atoms with Crippen molar-refractivity contribution in [3.8, 4) is 6.07 Å². The lowest BCUT2D eigenvalue weighted by Gasteiger charge is -2.38. The highest BCUT2D eigenvalue weighted by molar-refractivity contribution is 5.95.